The molecule has 4 heteroatoms. The number of primary amides is 1. The molecule has 2 heterocycles. The first-order chi connectivity index (χ1) is 8.49. The molecule has 4 nitrogen and oxygen atoms in total. The lowest BCUT2D eigenvalue weighted by atomic mass is 9.76. The van der Waals surface area contributed by atoms with Crippen molar-refractivity contribution in [1.82, 2.24) is 10.2 Å². The van der Waals surface area contributed by atoms with Crippen molar-refractivity contribution in [2.75, 3.05) is 19.6 Å². The molecule has 0 aromatic carbocycles. The standard InChI is InChI=1S/C13H24N2.CH3NO/c1-4-5-12(2,3)15-8-6-13(7-9-15)10-14-11-13;2-1-3/h6,8,14H,4-5,7,9-11H2,1-3H3;1H,(H2,2,3). The highest BCUT2D eigenvalue weighted by Gasteiger charge is 2.38. The number of nitrogens with two attached hydrogens (primary N) is 1. The molecule has 0 radical (unpaired) electrons. The number of hydrogen-bond acceptors (Lipinski definition) is 3. The molecule has 2 aliphatic rings. The second kappa shape index (κ2) is 6.23. The van der Waals surface area contributed by atoms with Crippen molar-refractivity contribution in [2.45, 2.75) is 45.6 Å². The van der Waals surface area contributed by atoms with Crippen molar-refractivity contribution in [3.63, 3.8) is 0 Å². The van der Waals surface area contributed by atoms with Gasteiger partial charge in [-0.2, -0.15) is 0 Å². The van der Waals surface area contributed by atoms with Crippen LogP contribution in [-0.4, -0.2) is 36.5 Å². The highest BCUT2D eigenvalue weighted by molar-refractivity contribution is 5.42. The van der Waals surface area contributed by atoms with E-state index in [1.165, 1.54) is 38.9 Å². The summed E-state index contributed by atoms with van der Waals surface area (Å²) in [5, 5.41) is 3.38. The summed E-state index contributed by atoms with van der Waals surface area (Å²) in [6.45, 7) is 10.6. The summed E-state index contributed by atoms with van der Waals surface area (Å²) in [6, 6.07) is 0. The van der Waals surface area contributed by atoms with Crippen LogP contribution in [0.25, 0.3) is 0 Å². The van der Waals surface area contributed by atoms with E-state index >= 15 is 0 Å². The van der Waals surface area contributed by atoms with Gasteiger partial charge in [0.1, 0.15) is 0 Å². The fourth-order valence-corrected chi connectivity index (χ4v) is 2.75. The molecule has 0 saturated carbocycles. The monoisotopic (exact) mass is 253 g/mol. The van der Waals surface area contributed by atoms with Gasteiger partial charge in [-0.05, 0) is 32.9 Å². The Balaban J connectivity index is 0.000000492. The maximum atomic E-state index is 8.58. The molecule has 0 aliphatic carbocycles. The van der Waals surface area contributed by atoms with Crippen molar-refractivity contribution < 1.29 is 4.79 Å². The summed E-state index contributed by atoms with van der Waals surface area (Å²) in [6.07, 6.45) is 8.90. The molecule has 0 aromatic rings. The average Bonchev–Trinajstić information content (AvgIpc) is 2.28. The van der Waals surface area contributed by atoms with E-state index in [0.717, 1.165) is 0 Å². The van der Waals surface area contributed by atoms with Gasteiger partial charge in [-0.25, -0.2) is 0 Å². The largest absolute Gasteiger partial charge is 0.373 e. The highest BCUT2D eigenvalue weighted by atomic mass is 16.1. The van der Waals surface area contributed by atoms with Crippen molar-refractivity contribution in [2.24, 2.45) is 11.1 Å². The molecule has 1 spiro atoms. The molecule has 0 atom stereocenters. The summed E-state index contributed by atoms with van der Waals surface area (Å²) in [5.74, 6) is 0. The Labute approximate surface area is 111 Å². The molecular weight excluding hydrogens is 226 g/mol. The SMILES string of the molecule is CCCC(C)(C)N1C=CC2(CC1)CNC2.NC=O. The molecule has 1 fully saturated rings. The fraction of sp³-hybridized carbons (Fsp3) is 0.786. The Morgan fingerprint density at radius 1 is 1.50 bits per heavy atom. The summed E-state index contributed by atoms with van der Waals surface area (Å²) in [5.41, 5.74) is 5.02. The minimum absolute atomic E-state index is 0.250. The first-order valence-electron chi connectivity index (χ1n) is 6.82. The highest BCUT2D eigenvalue weighted by Crippen LogP contribution is 2.35. The van der Waals surface area contributed by atoms with E-state index in [-0.39, 0.29) is 6.41 Å². The third-order valence-electron chi connectivity index (χ3n) is 4.05. The Bertz CT molecular complexity index is 295. The van der Waals surface area contributed by atoms with E-state index in [1.54, 1.807) is 0 Å². The Hall–Kier alpha value is -1.03. The predicted molar refractivity (Wildman–Crippen MR) is 75.0 cm³/mol. The van der Waals surface area contributed by atoms with Gasteiger partial charge in [0.25, 0.3) is 0 Å². The third-order valence-corrected chi connectivity index (χ3v) is 4.05. The van der Waals surface area contributed by atoms with Crippen LogP contribution in [0.3, 0.4) is 0 Å². The van der Waals surface area contributed by atoms with E-state index in [1.807, 2.05) is 0 Å². The molecule has 1 amide bonds. The van der Waals surface area contributed by atoms with Crippen molar-refractivity contribution in [3.8, 4) is 0 Å². The molecule has 0 bridgehead atoms. The van der Waals surface area contributed by atoms with Gasteiger partial charge in [0.15, 0.2) is 0 Å². The number of nitrogens with zero attached hydrogens (tertiary/aromatic N) is 1. The molecule has 0 aromatic heterocycles. The van der Waals surface area contributed by atoms with Gasteiger partial charge in [0, 0.05) is 30.6 Å². The molecule has 2 aliphatic heterocycles. The van der Waals surface area contributed by atoms with Crippen LogP contribution < -0.4 is 11.1 Å². The molecule has 0 unspecified atom stereocenters. The Morgan fingerprint density at radius 3 is 2.44 bits per heavy atom. The number of rotatable bonds is 3. The van der Waals surface area contributed by atoms with Crippen LogP contribution in [0.4, 0.5) is 0 Å². The summed E-state index contributed by atoms with van der Waals surface area (Å²) in [7, 11) is 0. The van der Waals surface area contributed by atoms with Gasteiger partial charge in [-0.1, -0.05) is 19.4 Å². The Morgan fingerprint density at radius 2 is 2.11 bits per heavy atom. The maximum Gasteiger partial charge on any atom is 0.204 e. The molecule has 104 valence electrons. The Kier molecular flexibility index (Phi) is 5.20. The average molecular weight is 253 g/mol. The fourth-order valence-electron chi connectivity index (χ4n) is 2.75. The number of carbonyl (C=O) groups excluding carboxylic acids is 1. The van der Waals surface area contributed by atoms with Crippen LogP contribution in [0.5, 0.6) is 0 Å². The number of amides is 1. The minimum Gasteiger partial charge on any atom is -0.373 e. The van der Waals surface area contributed by atoms with Gasteiger partial charge in [-0.3, -0.25) is 4.79 Å². The minimum atomic E-state index is 0.250. The summed E-state index contributed by atoms with van der Waals surface area (Å²) in [4.78, 5) is 11.1. The second-order valence-electron chi connectivity index (χ2n) is 5.92. The van der Waals surface area contributed by atoms with Crippen LogP contribution >= 0.6 is 0 Å². The topological polar surface area (TPSA) is 58.4 Å². The second-order valence-corrected chi connectivity index (χ2v) is 5.92. The predicted octanol–water partition coefficient (Wildman–Crippen LogP) is 1.48. The molecule has 18 heavy (non-hydrogen) atoms. The van der Waals surface area contributed by atoms with E-state index in [0.29, 0.717) is 11.0 Å². The maximum absolute atomic E-state index is 8.58. The van der Waals surface area contributed by atoms with Crippen LogP contribution in [0.15, 0.2) is 12.3 Å². The first kappa shape index (κ1) is 15.0. The smallest absolute Gasteiger partial charge is 0.204 e. The van der Waals surface area contributed by atoms with Gasteiger partial charge in [0.2, 0.25) is 6.41 Å². The van der Waals surface area contributed by atoms with Crippen LogP contribution in [0.2, 0.25) is 0 Å². The zero-order chi connectivity index (χ0) is 13.6. The van der Waals surface area contributed by atoms with E-state index in [9.17, 15) is 0 Å². The van der Waals surface area contributed by atoms with Crippen molar-refractivity contribution in [3.05, 3.63) is 12.3 Å². The van der Waals surface area contributed by atoms with E-state index in [4.69, 9.17) is 4.79 Å². The summed E-state index contributed by atoms with van der Waals surface area (Å²) >= 11 is 0. The molecule has 2 rings (SSSR count). The molecule has 3 N–H and O–H groups in total. The molecule has 1 saturated heterocycles. The zero-order valence-corrected chi connectivity index (χ0v) is 11.9. The van der Waals surface area contributed by atoms with Crippen LogP contribution in [0.1, 0.15) is 40.0 Å². The number of nitrogens with one attached hydrogen (secondary N) is 1. The van der Waals surface area contributed by atoms with E-state index < -0.39 is 0 Å². The van der Waals surface area contributed by atoms with Crippen molar-refractivity contribution in [1.29, 1.82) is 0 Å². The number of hydrogen-bond donors (Lipinski definition) is 2. The summed E-state index contributed by atoms with van der Waals surface area (Å²) < 4.78 is 0. The zero-order valence-electron chi connectivity index (χ0n) is 11.9. The first-order valence-corrected chi connectivity index (χ1v) is 6.82. The lowest BCUT2D eigenvalue weighted by Crippen LogP contribution is -2.56. The van der Waals surface area contributed by atoms with Gasteiger partial charge in [-0.15, -0.1) is 0 Å². The normalized spacial score (nSPS) is 20.9. The van der Waals surface area contributed by atoms with Gasteiger partial charge < -0.3 is 16.0 Å². The lowest BCUT2D eigenvalue weighted by molar-refractivity contribution is -0.106. The molecular formula is C14H27N3O. The van der Waals surface area contributed by atoms with Gasteiger partial charge in [0.05, 0.1) is 0 Å². The lowest BCUT2D eigenvalue weighted by Gasteiger charge is -2.48. The van der Waals surface area contributed by atoms with E-state index in [2.05, 4.69) is 49.0 Å². The number of carbonyl (C=O) groups is 1. The van der Waals surface area contributed by atoms with Crippen LogP contribution in [0, 0.1) is 5.41 Å². The van der Waals surface area contributed by atoms with Crippen molar-refractivity contribution >= 4 is 6.41 Å². The van der Waals surface area contributed by atoms with Gasteiger partial charge >= 0.3 is 0 Å². The third kappa shape index (κ3) is 3.48. The van der Waals surface area contributed by atoms with Crippen LogP contribution in [-0.2, 0) is 4.79 Å². The quantitative estimate of drug-likeness (QED) is 0.749.